The number of carbonyl (C=O) groups is 1. The predicted octanol–water partition coefficient (Wildman–Crippen LogP) is 2.36. The molecule has 1 heterocycles. The largest absolute Gasteiger partial charge is 0.396 e. The fourth-order valence-electron chi connectivity index (χ4n) is 1.81. The van der Waals surface area contributed by atoms with Crippen LogP contribution in [0.5, 0.6) is 0 Å². The smallest absolute Gasteiger partial charge is 0.287 e. The average Bonchev–Trinajstić information content (AvgIpc) is 2.82. The number of nitrogens with one attached hydrogen (secondary N) is 2. The molecule has 0 unspecified atom stereocenters. The van der Waals surface area contributed by atoms with Crippen LogP contribution in [-0.2, 0) is 0 Å². The number of hydrogen-bond acceptors (Lipinski definition) is 3. The van der Waals surface area contributed by atoms with E-state index in [1.807, 2.05) is 0 Å². The van der Waals surface area contributed by atoms with Gasteiger partial charge in [0.1, 0.15) is 5.82 Å². The zero-order valence-electron chi connectivity index (χ0n) is 10.7. The van der Waals surface area contributed by atoms with Crippen molar-refractivity contribution in [3.63, 3.8) is 0 Å². The van der Waals surface area contributed by atoms with Crippen LogP contribution < -0.4 is 5.32 Å². The standard InChI is InChI=1S/C13H15BrFN3O2/c14-8-6-10-11(7-9(8)15)18-12(17-10)13(20)16-4-2-1-3-5-19/h6-7,19H,1-5H2,(H,16,20)(H,17,18). The molecule has 2 aromatic rings. The fraction of sp³-hybridized carbons (Fsp3) is 0.385. The number of aromatic amines is 1. The van der Waals surface area contributed by atoms with Crippen molar-refractivity contribution in [1.82, 2.24) is 15.3 Å². The van der Waals surface area contributed by atoms with Crippen LogP contribution in [0.15, 0.2) is 16.6 Å². The zero-order chi connectivity index (χ0) is 14.5. The Hall–Kier alpha value is -1.47. The number of nitrogens with zero attached hydrogens (tertiary/aromatic N) is 1. The Bertz CT molecular complexity index is 576. The fourth-order valence-corrected chi connectivity index (χ4v) is 2.14. The third-order valence-corrected chi connectivity index (χ3v) is 3.47. The quantitative estimate of drug-likeness (QED) is 0.704. The molecule has 0 spiro atoms. The van der Waals surface area contributed by atoms with Gasteiger partial charge in [-0.15, -0.1) is 0 Å². The van der Waals surface area contributed by atoms with E-state index in [9.17, 15) is 9.18 Å². The molecule has 1 amide bonds. The first kappa shape index (κ1) is 14.9. The molecule has 2 rings (SSSR count). The van der Waals surface area contributed by atoms with E-state index in [2.05, 4.69) is 31.2 Å². The highest BCUT2D eigenvalue weighted by Gasteiger charge is 2.12. The van der Waals surface area contributed by atoms with Gasteiger partial charge in [0.05, 0.1) is 15.5 Å². The molecule has 7 heteroatoms. The second kappa shape index (κ2) is 6.81. The van der Waals surface area contributed by atoms with Crippen molar-refractivity contribution in [1.29, 1.82) is 0 Å². The van der Waals surface area contributed by atoms with Crippen LogP contribution in [0.2, 0.25) is 0 Å². The second-order valence-electron chi connectivity index (χ2n) is 4.41. The van der Waals surface area contributed by atoms with Gasteiger partial charge in [-0.25, -0.2) is 9.37 Å². The number of aliphatic hydroxyl groups is 1. The van der Waals surface area contributed by atoms with Crippen molar-refractivity contribution >= 4 is 32.9 Å². The molecule has 1 aromatic heterocycles. The predicted molar refractivity (Wildman–Crippen MR) is 77.0 cm³/mol. The number of halogens is 2. The van der Waals surface area contributed by atoms with Crippen LogP contribution in [0.25, 0.3) is 11.0 Å². The molecule has 0 bridgehead atoms. The van der Waals surface area contributed by atoms with E-state index in [4.69, 9.17) is 5.11 Å². The maximum atomic E-state index is 13.4. The topological polar surface area (TPSA) is 78.0 Å². The second-order valence-corrected chi connectivity index (χ2v) is 5.26. The van der Waals surface area contributed by atoms with Crippen LogP contribution in [0.1, 0.15) is 29.9 Å². The van der Waals surface area contributed by atoms with Gasteiger partial charge in [-0.05, 0) is 41.3 Å². The maximum Gasteiger partial charge on any atom is 0.287 e. The summed E-state index contributed by atoms with van der Waals surface area (Å²) in [4.78, 5) is 18.8. The van der Waals surface area contributed by atoms with E-state index >= 15 is 0 Å². The number of aliphatic hydroxyl groups excluding tert-OH is 1. The molecule has 0 aliphatic carbocycles. The van der Waals surface area contributed by atoms with Crippen LogP contribution in [0.3, 0.4) is 0 Å². The third-order valence-electron chi connectivity index (χ3n) is 2.86. The number of rotatable bonds is 6. The minimum Gasteiger partial charge on any atom is -0.396 e. The summed E-state index contributed by atoms with van der Waals surface area (Å²) in [5.74, 6) is -0.557. The average molecular weight is 344 g/mol. The number of imidazole rings is 1. The number of fused-ring (bicyclic) bond motifs is 1. The van der Waals surface area contributed by atoms with E-state index in [1.165, 1.54) is 12.1 Å². The first-order valence-electron chi connectivity index (χ1n) is 6.35. The van der Waals surface area contributed by atoms with E-state index < -0.39 is 5.82 Å². The Morgan fingerprint density at radius 1 is 1.40 bits per heavy atom. The summed E-state index contributed by atoms with van der Waals surface area (Å²) in [5.41, 5.74) is 1.01. The molecule has 0 atom stereocenters. The molecule has 5 nitrogen and oxygen atoms in total. The van der Waals surface area contributed by atoms with Gasteiger partial charge in [-0.2, -0.15) is 0 Å². The van der Waals surface area contributed by atoms with E-state index in [1.54, 1.807) is 0 Å². The molecule has 3 N–H and O–H groups in total. The van der Waals surface area contributed by atoms with Crippen molar-refractivity contribution in [2.75, 3.05) is 13.2 Å². The molecule has 0 aliphatic heterocycles. The minimum absolute atomic E-state index is 0.165. The SMILES string of the molecule is O=C(NCCCCCO)c1nc2cc(Br)c(F)cc2[nH]1. The van der Waals surface area contributed by atoms with Gasteiger partial charge in [0.25, 0.3) is 5.91 Å². The lowest BCUT2D eigenvalue weighted by Gasteiger charge is -2.01. The molecule has 0 saturated heterocycles. The maximum absolute atomic E-state index is 13.4. The first-order valence-corrected chi connectivity index (χ1v) is 7.15. The molecule has 1 aromatic carbocycles. The molecular weight excluding hydrogens is 329 g/mol. The van der Waals surface area contributed by atoms with Gasteiger partial charge in [-0.1, -0.05) is 0 Å². The number of benzene rings is 1. The number of amides is 1. The Morgan fingerprint density at radius 2 is 2.20 bits per heavy atom. The van der Waals surface area contributed by atoms with Crippen molar-refractivity contribution in [3.8, 4) is 0 Å². The lowest BCUT2D eigenvalue weighted by molar-refractivity contribution is 0.0943. The summed E-state index contributed by atoms with van der Waals surface area (Å²) in [6.07, 6.45) is 2.38. The number of aromatic nitrogens is 2. The molecule has 0 saturated carbocycles. The van der Waals surface area contributed by atoms with Crippen molar-refractivity contribution in [2.45, 2.75) is 19.3 Å². The van der Waals surface area contributed by atoms with E-state index in [0.29, 0.717) is 22.1 Å². The minimum atomic E-state index is -0.405. The van der Waals surface area contributed by atoms with Gasteiger partial charge in [0, 0.05) is 19.2 Å². The van der Waals surface area contributed by atoms with Crippen LogP contribution >= 0.6 is 15.9 Å². The van der Waals surface area contributed by atoms with Gasteiger partial charge >= 0.3 is 0 Å². The Kier molecular flexibility index (Phi) is 5.08. The van der Waals surface area contributed by atoms with Crippen molar-refractivity contribution in [2.24, 2.45) is 0 Å². The van der Waals surface area contributed by atoms with Crippen LogP contribution in [0.4, 0.5) is 4.39 Å². The Labute approximate surface area is 123 Å². The summed E-state index contributed by atoms with van der Waals surface area (Å²) in [6, 6.07) is 2.82. The summed E-state index contributed by atoms with van der Waals surface area (Å²) >= 11 is 3.08. The van der Waals surface area contributed by atoms with Crippen LogP contribution in [-0.4, -0.2) is 34.1 Å². The monoisotopic (exact) mass is 343 g/mol. The Balaban J connectivity index is 2.00. The number of H-pyrrole nitrogens is 1. The van der Waals surface area contributed by atoms with Gasteiger partial charge in [0.2, 0.25) is 0 Å². The first-order chi connectivity index (χ1) is 9.61. The molecule has 20 heavy (non-hydrogen) atoms. The normalized spacial score (nSPS) is 10.9. The number of carbonyl (C=O) groups excluding carboxylic acids is 1. The third kappa shape index (κ3) is 3.55. The summed E-state index contributed by atoms with van der Waals surface area (Å²) < 4.78 is 13.7. The number of unbranched alkanes of at least 4 members (excludes halogenated alkanes) is 2. The highest BCUT2D eigenvalue weighted by atomic mass is 79.9. The summed E-state index contributed by atoms with van der Waals surface area (Å²) in [7, 11) is 0. The molecule has 0 radical (unpaired) electrons. The Morgan fingerprint density at radius 3 is 2.95 bits per heavy atom. The van der Waals surface area contributed by atoms with Gasteiger partial charge < -0.3 is 15.4 Å². The van der Waals surface area contributed by atoms with E-state index in [0.717, 1.165) is 19.3 Å². The van der Waals surface area contributed by atoms with Gasteiger partial charge in [0.15, 0.2) is 5.82 Å². The van der Waals surface area contributed by atoms with Gasteiger partial charge in [-0.3, -0.25) is 4.79 Å². The molecule has 0 fully saturated rings. The molecular formula is C13H15BrFN3O2. The highest BCUT2D eigenvalue weighted by molar-refractivity contribution is 9.10. The molecule has 0 aliphatic rings. The van der Waals surface area contributed by atoms with Crippen molar-refractivity contribution < 1.29 is 14.3 Å². The highest BCUT2D eigenvalue weighted by Crippen LogP contribution is 2.21. The van der Waals surface area contributed by atoms with Crippen molar-refractivity contribution in [3.05, 3.63) is 28.2 Å². The zero-order valence-corrected chi connectivity index (χ0v) is 12.3. The van der Waals surface area contributed by atoms with E-state index in [-0.39, 0.29) is 18.3 Å². The lowest BCUT2D eigenvalue weighted by Crippen LogP contribution is -2.25. The summed E-state index contributed by atoms with van der Waals surface area (Å²) in [6.45, 7) is 0.686. The number of hydrogen-bond donors (Lipinski definition) is 3. The lowest BCUT2D eigenvalue weighted by atomic mass is 10.2. The summed E-state index contributed by atoms with van der Waals surface area (Å²) in [5, 5.41) is 11.4. The van der Waals surface area contributed by atoms with Crippen LogP contribution in [0, 0.1) is 5.82 Å². The molecule has 108 valence electrons.